The molecule has 1 unspecified atom stereocenters. The van der Waals surface area contributed by atoms with Gasteiger partial charge in [-0.2, -0.15) is 0 Å². The Balaban J connectivity index is 4.04. The Morgan fingerprint density at radius 3 is 1.40 bits per heavy atom. The van der Waals surface area contributed by atoms with Crippen molar-refractivity contribution in [2.24, 2.45) is 0 Å². The maximum atomic E-state index is 3.01. The van der Waals surface area contributed by atoms with Gasteiger partial charge in [-0.15, -0.1) is 0 Å². The molecule has 0 saturated heterocycles. The number of hydrogen-bond donors (Lipinski definition) is 0. The van der Waals surface area contributed by atoms with Gasteiger partial charge in [0.15, 0.2) is 0 Å². The fourth-order valence-electron chi connectivity index (χ4n) is 6.35. The Hall–Kier alpha value is 0.230. The number of hydrogen-bond acceptors (Lipinski definition) is 3. The van der Waals surface area contributed by atoms with Crippen molar-refractivity contribution in [1.82, 2.24) is 8.66 Å². The molecule has 30 heavy (non-hydrogen) atoms. The van der Waals surface area contributed by atoms with Crippen LogP contribution in [-0.2, 0) is 20.8 Å². The monoisotopic (exact) mass is 587 g/mol. The summed E-state index contributed by atoms with van der Waals surface area (Å²) in [6.07, 6.45) is 13.1. The minimum atomic E-state index is -3.51. The van der Waals surface area contributed by atoms with Crippen molar-refractivity contribution in [3.63, 3.8) is 0 Å². The molecule has 0 aromatic rings. The number of nitrogens with zero attached hydrogens (tertiary/aromatic N) is 3. The van der Waals surface area contributed by atoms with E-state index in [1.54, 1.807) is 11.1 Å². The van der Waals surface area contributed by atoms with Gasteiger partial charge in [-0.05, 0) is 0 Å². The predicted octanol–water partition coefficient (Wildman–Crippen LogP) is 7.34. The first-order chi connectivity index (χ1) is 14.5. The normalized spacial score (nSPS) is 19.9. The zero-order valence-electron chi connectivity index (χ0n) is 22.0. The van der Waals surface area contributed by atoms with E-state index in [1.165, 1.54) is 77.8 Å². The Morgan fingerprint density at radius 1 is 0.633 bits per heavy atom. The van der Waals surface area contributed by atoms with E-state index in [1.807, 2.05) is 0 Å². The molecule has 0 aromatic carbocycles. The van der Waals surface area contributed by atoms with Gasteiger partial charge in [0.2, 0.25) is 0 Å². The topological polar surface area (TPSA) is 9.72 Å². The van der Waals surface area contributed by atoms with E-state index in [2.05, 4.69) is 83.1 Å². The summed E-state index contributed by atoms with van der Waals surface area (Å²) in [5, 5.41) is 0. The van der Waals surface area contributed by atoms with E-state index >= 15 is 0 Å². The molecule has 1 rings (SSSR count). The van der Waals surface area contributed by atoms with Crippen LogP contribution in [0.3, 0.4) is 0 Å². The third-order valence-corrected chi connectivity index (χ3v) is 30.5. The van der Waals surface area contributed by atoms with Crippen LogP contribution < -0.4 is 0 Å². The molecule has 0 fully saturated rings. The van der Waals surface area contributed by atoms with E-state index in [-0.39, 0.29) is 3.17 Å². The average Bonchev–Trinajstić information content (AvgIpc) is 3.08. The summed E-state index contributed by atoms with van der Waals surface area (Å²) < 4.78 is 9.30. The molecule has 0 radical (unpaired) electrons. The zero-order valence-corrected chi connectivity index (χ0v) is 25.6. The van der Waals surface area contributed by atoms with Crippen molar-refractivity contribution < 1.29 is 20.8 Å². The van der Waals surface area contributed by atoms with Gasteiger partial charge >= 0.3 is 196 Å². The maximum absolute atomic E-state index is 3.51. The van der Waals surface area contributed by atoms with Crippen LogP contribution in [0.5, 0.6) is 0 Å². The van der Waals surface area contributed by atoms with Crippen molar-refractivity contribution in [1.29, 1.82) is 0 Å². The first kappa shape index (κ1) is 28.3. The van der Waals surface area contributed by atoms with E-state index in [4.69, 9.17) is 0 Å². The zero-order chi connectivity index (χ0) is 22.8. The van der Waals surface area contributed by atoms with Crippen LogP contribution in [0.25, 0.3) is 0 Å². The molecular formula is C26H53HfN3. The minimum absolute atomic E-state index is 0.270. The summed E-state index contributed by atoms with van der Waals surface area (Å²) in [7, 11) is 0. The molecule has 0 N–H and O–H groups in total. The number of allylic oxidation sites excluding steroid dienone is 4. The second-order valence-corrected chi connectivity index (χ2v) is 23.4. The molecule has 1 aliphatic carbocycles. The fourth-order valence-corrected chi connectivity index (χ4v) is 32.0. The predicted molar refractivity (Wildman–Crippen MR) is 132 cm³/mol. The third kappa shape index (κ3) is 5.07. The van der Waals surface area contributed by atoms with Gasteiger partial charge < -0.3 is 0 Å². The summed E-state index contributed by atoms with van der Waals surface area (Å²) in [4.78, 5) is 0. The van der Waals surface area contributed by atoms with Crippen LogP contribution in [-0.4, -0.2) is 47.9 Å². The Morgan fingerprint density at radius 2 is 1.07 bits per heavy atom. The molecule has 1 aliphatic rings. The van der Waals surface area contributed by atoms with E-state index in [0.29, 0.717) is 0 Å². The molecule has 0 saturated carbocycles. The Bertz CT molecular complexity index is 513. The van der Waals surface area contributed by atoms with E-state index in [9.17, 15) is 0 Å². The van der Waals surface area contributed by atoms with Gasteiger partial charge in [0, 0.05) is 0 Å². The summed E-state index contributed by atoms with van der Waals surface area (Å²) in [5.41, 5.74) is 3.41. The van der Waals surface area contributed by atoms with Crippen molar-refractivity contribution in [2.75, 3.05) is 39.3 Å². The SMILES string of the molecule is CCCC1=C[C](CCC)([Hf]([N](CC)CC)([N](CC)CC)[N](CC)CC)C(CCC)=C1. The molecule has 176 valence electrons. The van der Waals surface area contributed by atoms with Crippen molar-refractivity contribution >= 4 is 0 Å². The summed E-state index contributed by atoms with van der Waals surface area (Å²) in [5.74, 6) is 0. The summed E-state index contributed by atoms with van der Waals surface area (Å²) in [6, 6.07) is 0. The van der Waals surface area contributed by atoms with Crippen LogP contribution >= 0.6 is 0 Å². The van der Waals surface area contributed by atoms with E-state index < -0.39 is 20.8 Å². The van der Waals surface area contributed by atoms with Gasteiger partial charge in [0.25, 0.3) is 0 Å². The molecular weight excluding hydrogens is 533 g/mol. The molecule has 0 aliphatic heterocycles. The van der Waals surface area contributed by atoms with Gasteiger partial charge in [-0.1, -0.05) is 0 Å². The third-order valence-electron chi connectivity index (χ3n) is 7.28. The van der Waals surface area contributed by atoms with Crippen molar-refractivity contribution in [2.45, 2.75) is 104 Å². The average molecular weight is 586 g/mol. The van der Waals surface area contributed by atoms with Gasteiger partial charge in [0.05, 0.1) is 0 Å². The molecule has 0 amide bonds. The van der Waals surface area contributed by atoms with Crippen LogP contribution in [0, 0.1) is 0 Å². The molecule has 3 nitrogen and oxygen atoms in total. The number of rotatable bonds is 16. The first-order valence-electron chi connectivity index (χ1n) is 13.1. The van der Waals surface area contributed by atoms with Gasteiger partial charge in [-0.3, -0.25) is 0 Å². The van der Waals surface area contributed by atoms with Gasteiger partial charge in [0.1, 0.15) is 0 Å². The quantitative estimate of drug-likeness (QED) is 0.176. The molecule has 0 heterocycles. The molecule has 1 atom stereocenters. The van der Waals surface area contributed by atoms with Crippen molar-refractivity contribution in [3.05, 3.63) is 23.3 Å². The summed E-state index contributed by atoms with van der Waals surface area (Å²) in [6.45, 7) is 28.7. The second-order valence-electron chi connectivity index (χ2n) is 8.76. The van der Waals surface area contributed by atoms with Crippen LogP contribution in [0.4, 0.5) is 0 Å². The summed E-state index contributed by atoms with van der Waals surface area (Å²) >= 11 is -3.51. The first-order valence-corrected chi connectivity index (χ1v) is 19.8. The van der Waals surface area contributed by atoms with Crippen LogP contribution in [0.15, 0.2) is 23.3 Å². The van der Waals surface area contributed by atoms with Crippen LogP contribution in [0.1, 0.15) is 101 Å². The fraction of sp³-hybridized carbons (Fsp3) is 0.846. The van der Waals surface area contributed by atoms with Crippen molar-refractivity contribution in [3.8, 4) is 0 Å². The molecule has 0 spiro atoms. The Labute approximate surface area is 195 Å². The Kier molecular flexibility index (Phi) is 12.9. The molecule has 0 bridgehead atoms. The van der Waals surface area contributed by atoms with E-state index in [0.717, 1.165) is 0 Å². The van der Waals surface area contributed by atoms with Gasteiger partial charge in [-0.25, -0.2) is 0 Å². The molecule has 4 heteroatoms. The second kappa shape index (κ2) is 13.7. The molecule has 0 aromatic heterocycles. The standard InChI is InChI=1S/C14H23.3C4H10N.Hf/c1-4-7-12-10-13(8-5-2)14(11-12)9-6-3;3*1-3-5-4-2;/h10-11H,4-9H2,1-3H3;3*3-4H2,1-2H3;/q;3*-1;+3. The van der Waals surface area contributed by atoms with Crippen LogP contribution in [0.2, 0.25) is 3.17 Å².